The Bertz CT molecular complexity index is 1390. The van der Waals surface area contributed by atoms with Crippen molar-refractivity contribution in [1.29, 1.82) is 0 Å². The van der Waals surface area contributed by atoms with Crippen molar-refractivity contribution in [2.45, 2.75) is 26.3 Å². The van der Waals surface area contributed by atoms with Gasteiger partial charge in [-0.15, -0.1) is 11.3 Å². The minimum absolute atomic E-state index is 0.280. The molecule has 1 aliphatic heterocycles. The average Bonchev–Trinajstić information content (AvgIpc) is 3.45. The summed E-state index contributed by atoms with van der Waals surface area (Å²) < 4.78 is 32.7. The Kier molecular flexibility index (Phi) is 6.46. The van der Waals surface area contributed by atoms with Crippen molar-refractivity contribution in [3.8, 4) is 16.9 Å². The number of halogens is 2. The van der Waals surface area contributed by atoms with Gasteiger partial charge in [-0.3, -0.25) is 5.32 Å². The van der Waals surface area contributed by atoms with E-state index in [1.54, 1.807) is 6.92 Å². The molecule has 0 atom stereocenters. The number of fused-ring (bicyclic) bond motifs is 1. The van der Waals surface area contributed by atoms with Gasteiger partial charge in [-0.1, -0.05) is 36.4 Å². The third-order valence-corrected chi connectivity index (χ3v) is 6.98. The molecule has 2 heterocycles. The predicted octanol–water partition coefficient (Wildman–Crippen LogP) is 6.24. The lowest BCUT2D eigenvalue weighted by atomic mass is 10.0. The van der Waals surface area contributed by atoms with Crippen molar-refractivity contribution in [2.24, 2.45) is 0 Å². The van der Waals surface area contributed by atoms with Crippen molar-refractivity contribution in [3.63, 3.8) is 0 Å². The number of thiazole rings is 1. The van der Waals surface area contributed by atoms with Crippen LogP contribution in [0.2, 0.25) is 0 Å². The predicted molar refractivity (Wildman–Crippen MR) is 133 cm³/mol. The van der Waals surface area contributed by atoms with E-state index in [9.17, 15) is 13.6 Å². The highest BCUT2D eigenvalue weighted by Crippen LogP contribution is 2.30. The smallest absolute Gasteiger partial charge is 0.321 e. The molecule has 0 aliphatic carbocycles. The number of carbonyl (C=O) groups excluding carboxylic acids is 1. The first-order valence-corrected chi connectivity index (χ1v) is 12.1. The third kappa shape index (κ3) is 5.33. The van der Waals surface area contributed by atoms with Gasteiger partial charge in [0.1, 0.15) is 17.4 Å². The Morgan fingerprint density at radius 1 is 1.06 bits per heavy atom. The number of urea groups is 1. The van der Waals surface area contributed by atoms with E-state index in [0.717, 1.165) is 46.4 Å². The van der Waals surface area contributed by atoms with Crippen molar-refractivity contribution in [2.75, 3.05) is 11.9 Å². The minimum Gasteiger partial charge on any atom is -0.493 e. The fourth-order valence-corrected chi connectivity index (χ4v) is 4.97. The zero-order valence-corrected chi connectivity index (χ0v) is 19.8. The van der Waals surface area contributed by atoms with Gasteiger partial charge in [0, 0.05) is 30.3 Å². The fraction of sp³-hybridized carbons (Fsp3) is 0.185. The van der Waals surface area contributed by atoms with Gasteiger partial charge >= 0.3 is 6.03 Å². The Morgan fingerprint density at radius 2 is 1.86 bits per heavy atom. The molecule has 5 rings (SSSR count). The summed E-state index contributed by atoms with van der Waals surface area (Å²) in [5.74, 6) is -0.244. The lowest BCUT2D eigenvalue weighted by Crippen LogP contribution is -2.28. The quantitative estimate of drug-likeness (QED) is 0.335. The Morgan fingerprint density at radius 3 is 2.66 bits per heavy atom. The molecule has 5 nitrogen and oxygen atoms in total. The summed E-state index contributed by atoms with van der Waals surface area (Å²) in [5, 5.41) is 5.99. The van der Waals surface area contributed by atoms with Crippen LogP contribution in [0.4, 0.5) is 18.7 Å². The number of ether oxygens (including phenoxy) is 1. The second-order valence-electron chi connectivity index (χ2n) is 8.37. The molecule has 1 aliphatic rings. The highest BCUT2D eigenvalue weighted by molar-refractivity contribution is 7.15. The molecule has 0 unspecified atom stereocenters. The lowest BCUT2D eigenvalue weighted by Gasteiger charge is -2.08. The van der Waals surface area contributed by atoms with Crippen molar-refractivity contribution in [3.05, 3.63) is 99.6 Å². The van der Waals surface area contributed by atoms with Crippen LogP contribution in [0.5, 0.6) is 5.75 Å². The molecular formula is C27H23F2N3O2S. The van der Waals surface area contributed by atoms with Crippen LogP contribution >= 0.6 is 11.3 Å². The summed E-state index contributed by atoms with van der Waals surface area (Å²) in [6, 6.07) is 17.4. The van der Waals surface area contributed by atoms with Crippen LogP contribution in [-0.2, 0) is 19.4 Å². The van der Waals surface area contributed by atoms with E-state index >= 15 is 0 Å². The molecule has 1 aromatic heterocycles. The number of nitrogens with one attached hydrogen (secondary N) is 2. The van der Waals surface area contributed by atoms with E-state index in [2.05, 4.69) is 27.8 Å². The first kappa shape index (κ1) is 23.0. The molecule has 2 amide bonds. The zero-order chi connectivity index (χ0) is 24.4. The Hall–Kier alpha value is -3.78. The van der Waals surface area contributed by atoms with Gasteiger partial charge in [0.15, 0.2) is 5.13 Å². The summed E-state index contributed by atoms with van der Waals surface area (Å²) in [7, 11) is 0. The van der Waals surface area contributed by atoms with Crippen LogP contribution < -0.4 is 15.4 Å². The van der Waals surface area contributed by atoms with Crippen LogP contribution in [0.1, 0.15) is 27.3 Å². The number of carbonyl (C=O) groups is 1. The molecule has 2 N–H and O–H groups in total. The third-order valence-electron chi connectivity index (χ3n) is 5.91. The first-order chi connectivity index (χ1) is 16.9. The van der Waals surface area contributed by atoms with Crippen LogP contribution in [0.15, 0.2) is 60.7 Å². The Labute approximate surface area is 205 Å². The molecule has 0 saturated carbocycles. The highest BCUT2D eigenvalue weighted by Gasteiger charge is 2.14. The molecule has 35 heavy (non-hydrogen) atoms. The van der Waals surface area contributed by atoms with E-state index in [-0.39, 0.29) is 12.5 Å². The molecule has 0 bridgehead atoms. The summed E-state index contributed by atoms with van der Waals surface area (Å²) in [6.45, 7) is 2.90. The van der Waals surface area contributed by atoms with Crippen LogP contribution in [0.3, 0.4) is 0 Å². The number of hydrogen-bond acceptors (Lipinski definition) is 4. The van der Waals surface area contributed by atoms with E-state index in [4.69, 9.17) is 4.74 Å². The summed E-state index contributed by atoms with van der Waals surface area (Å²) in [6.07, 6.45) is 1.21. The van der Waals surface area contributed by atoms with Gasteiger partial charge in [0.2, 0.25) is 0 Å². The monoisotopic (exact) mass is 491 g/mol. The van der Waals surface area contributed by atoms with Gasteiger partial charge in [-0.25, -0.2) is 18.6 Å². The Balaban J connectivity index is 1.16. The zero-order valence-electron chi connectivity index (χ0n) is 19.0. The maximum absolute atomic E-state index is 14.0. The molecular weight excluding hydrogens is 468 g/mol. The number of aryl methyl sites for hydroxylation is 1. The lowest BCUT2D eigenvalue weighted by molar-refractivity contribution is 0.251. The number of nitrogens with zero attached hydrogens (tertiary/aromatic N) is 1. The molecule has 0 spiro atoms. The van der Waals surface area contributed by atoms with Crippen molar-refractivity contribution in [1.82, 2.24) is 10.3 Å². The van der Waals surface area contributed by atoms with E-state index in [1.807, 2.05) is 30.3 Å². The van der Waals surface area contributed by atoms with E-state index in [0.29, 0.717) is 22.9 Å². The molecule has 8 heteroatoms. The average molecular weight is 492 g/mol. The van der Waals surface area contributed by atoms with Gasteiger partial charge in [0.25, 0.3) is 0 Å². The maximum Gasteiger partial charge on any atom is 0.321 e. The SMILES string of the molecule is Cc1nc(NC(=O)NCc2ccc(-c3ccc4c(c3)CCO4)cc2)sc1Cc1ccc(F)cc1F. The van der Waals surface area contributed by atoms with Crippen molar-refractivity contribution >= 4 is 22.5 Å². The van der Waals surface area contributed by atoms with Crippen LogP contribution in [-0.4, -0.2) is 17.6 Å². The minimum atomic E-state index is -0.612. The second kappa shape index (κ2) is 9.84. The molecule has 178 valence electrons. The van der Waals surface area contributed by atoms with Crippen molar-refractivity contribution < 1.29 is 18.3 Å². The fourth-order valence-electron chi connectivity index (χ4n) is 3.99. The first-order valence-electron chi connectivity index (χ1n) is 11.2. The van der Waals surface area contributed by atoms with E-state index in [1.165, 1.54) is 29.0 Å². The summed E-state index contributed by atoms with van der Waals surface area (Å²) >= 11 is 1.27. The summed E-state index contributed by atoms with van der Waals surface area (Å²) in [4.78, 5) is 17.5. The van der Waals surface area contributed by atoms with Gasteiger partial charge in [0.05, 0.1) is 12.3 Å². The largest absolute Gasteiger partial charge is 0.493 e. The molecule has 3 aromatic carbocycles. The van der Waals surface area contributed by atoms with Crippen LogP contribution in [0, 0.1) is 18.6 Å². The second-order valence-corrected chi connectivity index (χ2v) is 9.45. The molecule has 0 saturated heterocycles. The van der Waals surface area contributed by atoms with Gasteiger partial charge in [-0.05, 0) is 52.9 Å². The number of rotatable bonds is 6. The summed E-state index contributed by atoms with van der Waals surface area (Å²) in [5.41, 5.74) is 5.52. The topological polar surface area (TPSA) is 63.2 Å². The highest BCUT2D eigenvalue weighted by atomic mass is 32.1. The standard InChI is InChI=1S/C27H23F2N3O2S/c1-16-25(13-20-6-8-22(28)14-23(20)29)35-27(31-16)32-26(33)30-15-17-2-4-18(5-3-17)19-7-9-24-21(12-19)10-11-34-24/h2-9,12,14H,10-11,13,15H2,1H3,(H2,30,31,32,33). The van der Waals surface area contributed by atoms with E-state index < -0.39 is 11.6 Å². The number of benzene rings is 3. The normalized spacial score (nSPS) is 12.2. The number of amides is 2. The number of aromatic nitrogens is 1. The van der Waals surface area contributed by atoms with Crippen LogP contribution in [0.25, 0.3) is 11.1 Å². The van der Waals surface area contributed by atoms with Gasteiger partial charge in [-0.2, -0.15) is 0 Å². The molecule has 0 fully saturated rings. The molecule has 0 radical (unpaired) electrons. The van der Waals surface area contributed by atoms with Gasteiger partial charge < -0.3 is 10.1 Å². The maximum atomic E-state index is 14.0. The number of hydrogen-bond donors (Lipinski definition) is 2. The molecule has 4 aromatic rings. The number of anilines is 1.